The molecule has 1 aromatic rings. The Morgan fingerprint density at radius 2 is 1.78 bits per heavy atom. The zero-order chi connectivity index (χ0) is 13.8. The van der Waals surface area contributed by atoms with Gasteiger partial charge in [-0.1, -0.05) is 13.0 Å². The monoisotopic (exact) mass is 294 g/mol. The lowest BCUT2D eigenvalue weighted by atomic mass is 10.4. The number of halogens is 1. The molecule has 0 saturated heterocycles. The van der Waals surface area contributed by atoms with Gasteiger partial charge in [0.05, 0.1) is 16.4 Å². The van der Waals surface area contributed by atoms with Gasteiger partial charge in [0.15, 0.2) is 9.84 Å². The number of hydrogen-bond acceptors (Lipinski definition) is 4. The van der Waals surface area contributed by atoms with Gasteiger partial charge < -0.3 is 0 Å². The number of benzene rings is 1. The molecule has 0 N–H and O–H groups in total. The molecule has 102 valence electrons. The molecule has 0 heterocycles. The van der Waals surface area contributed by atoms with Crippen molar-refractivity contribution < 1.29 is 21.2 Å². The number of rotatable bonds is 6. The van der Waals surface area contributed by atoms with Gasteiger partial charge in [-0.05, 0) is 24.6 Å². The topological polar surface area (TPSA) is 68.3 Å². The molecule has 1 rings (SSSR count). The van der Waals surface area contributed by atoms with Crippen LogP contribution in [0.2, 0.25) is 0 Å². The van der Waals surface area contributed by atoms with E-state index in [1.807, 2.05) is 0 Å². The lowest BCUT2D eigenvalue weighted by Crippen LogP contribution is -2.14. The van der Waals surface area contributed by atoms with E-state index in [9.17, 15) is 21.2 Å². The number of hydrogen-bond donors (Lipinski definition) is 0. The van der Waals surface area contributed by atoms with Crippen LogP contribution < -0.4 is 0 Å². The molecule has 0 atom stereocenters. The van der Waals surface area contributed by atoms with Crippen LogP contribution in [0.15, 0.2) is 29.2 Å². The molecule has 0 aliphatic carbocycles. The normalized spacial score (nSPS) is 12.6. The Bertz CT molecular complexity index is 606. The average Bonchev–Trinajstić information content (AvgIpc) is 2.28. The minimum atomic E-state index is -3.62. The highest BCUT2D eigenvalue weighted by Gasteiger charge is 2.16. The third-order valence-corrected chi connectivity index (χ3v) is 6.05. The van der Waals surface area contributed by atoms with Gasteiger partial charge in [0.1, 0.15) is 15.7 Å². The maximum absolute atomic E-state index is 12.9. The first-order valence-corrected chi connectivity index (χ1v) is 8.93. The van der Waals surface area contributed by atoms with Crippen LogP contribution in [0.1, 0.15) is 13.3 Å². The van der Waals surface area contributed by atoms with E-state index < -0.39 is 25.5 Å². The van der Waals surface area contributed by atoms with Gasteiger partial charge in [-0.15, -0.1) is 0 Å². The SMILES string of the molecule is CCS(=O)(=O)CCCS(=O)(=O)c1cccc(F)c1. The highest BCUT2D eigenvalue weighted by Crippen LogP contribution is 2.13. The third-order valence-electron chi connectivity index (χ3n) is 2.46. The second-order valence-corrected chi connectivity index (χ2v) is 8.45. The Hall–Kier alpha value is -0.950. The fraction of sp³-hybridized carbons (Fsp3) is 0.455. The quantitative estimate of drug-likeness (QED) is 0.796. The van der Waals surface area contributed by atoms with Crippen molar-refractivity contribution in [3.05, 3.63) is 30.1 Å². The van der Waals surface area contributed by atoms with E-state index in [2.05, 4.69) is 0 Å². The highest BCUT2D eigenvalue weighted by atomic mass is 32.2. The predicted octanol–water partition coefficient (Wildman–Crippen LogP) is 1.42. The van der Waals surface area contributed by atoms with Crippen LogP contribution >= 0.6 is 0 Å². The lowest BCUT2D eigenvalue weighted by Gasteiger charge is -2.04. The summed E-state index contributed by atoms with van der Waals surface area (Å²) in [5.74, 6) is -1.10. The van der Waals surface area contributed by atoms with Crippen LogP contribution in [-0.4, -0.2) is 34.1 Å². The first kappa shape index (κ1) is 15.1. The summed E-state index contributed by atoms with van der Waals surface area (Å²) >= 11 is 0. The van der Waals surface area contributed by atoms with Crippen molar-refractivity contribution in [2.45, 2.75) is 18.2 Å². The molecule has 0 saturated carbocycles. The summed E-state index contributed by atoms with van der Waals surface area (Å²) in [4.78, 5) is -0.114. The van der Waals surface area contributed by atoms with Crippen molar-refractivity contribution in [3.8, 4) is 0 Å². The van der Waals surface area contributed by atoms with Crippen molar-refractivity contribution in [2.75, 3.05) is 17.3 Å². The van der Waals surface area contributed by atoms with Gasteiger partial charge in [0, 0.05) is 5.75 Å². The molecule has 4 nitrogen and oxygen atoms in total. The molecule has 0 fully saturated rings. The van der Waals surface area contributed by atoms with Crippen molar-refractivity contribution >= 4 is 19.7 Å². The van der Waals surface area contributed by atoms with Crippen LogP contribution in [-0.2, 0) is 19.7 Å². The third kappa shape index (κ3) is 4.38. The summed E-state index contributed by atoms with van der Waals surface area (Å²) in [7, 11) is -6.79. The van der Waals surface area contributed by atoms with Crippen LogP contribution in [0.4, 0.5) is 4.39 Å². The first-order valence-electron chi connectivity index (χ1n) is 5.45. The molecule has 0 bridgehead atoms. The fourth-order valence-corrected chi connectivity index (χ4v) is 3.79. The summed E-state index contributed by atoms with van der Waals surface area (Å²) in [6.07, 6.45) is 0.0228. The van der Waals surface area contributed by atoms with Crippen molar-refractivity contribution in [3.63, 3.8) is 0 Å². The Balaban J connectivity index is 2.72. The molecule has 0 aliphatic heterocycles. The Labute approximate surface area is 107 Å². The van der Waals surface area contributed by atoms with Crippen molar-refractivity contribution in [1.82, 2.24) is 0 Å². The summed E-state index contributed by atoms with van der Waals surface area (Å²) < 4.78 is 58.9. The smallest absolute Gasteiger partial charge is 0.178 e. The summed E-state index contributed by atoms with van der Waals surface area (Å²) in [5, 5.41) is 0. The van der Waals surface area contributed by atoms with Crippen LogP contribution in [0, 0.1) is 5.82 Å². The van der Waals surface area contributed by atoms with E-state index in [4.69, 9.17) is 0 Å². The fourth-order valence-electron chi connectivity index (χ4n) is 1.39. The maximum atomic E-state index is 12.9. The molecule has 0 radical (unpaired) electrons. The average molecular weight is 294 g/mol. The maximum Gasteiger partial charge on any atom is 0.178 e. The van der Waals surface area contributed by atoms with E-state index in [0.717, 1.165) is 12.1 Å². The second kappa shape index (κ2) is 5.79. The van der Waals surface area contributed by atoms with E-state index in [0.29, 0.717) is 0 Å². The molecular formula is C11H15FO4S2. The Morgan fingerprint density at radius 1 is 1.11 bits per heavy atom. The molecule has 0 amide bonds. The molecular weight excluding hydrogens is 279 g/mol. The van der Waals surface area contributed by atoms with E-state index in [-0.39, 0.29) is 28.6 Å². The van der Waals surface area contributed by atoms with Gasteiger partial charge in [-0.2, -0.15) is 0 Å². The van der Waals surface area contributed by atoms with Crippen LogP contribution in [0.3, 0.4) is 0 Å². The lowest BCUT2D eigenvalue weighted by molar-refractivity contribution is 0.587. The second-order valence-electron chi connectivity index (χ2n) is 3.87. The highest BCUT2D eigenvalue weighted by molar-refractivity contribution is 7.92. The minimum Gasteiger partial charge on any atom is -0.229 e. The molecule has 0 spiro atoms. The first-order chi connectivity index (χ1) is 8.27. The van der Waals surface area contributed by atoms with Crippen LogP contribution in [0.25, 0.3) is 0 Å². The summed E-state index contributed by atoms with van der Waals surface area (Å²) in [5.41, 5.74) is 0. The Morgan fingerprint density at radius 3 is 2.33 bits per heavy atom. The summed E-state index contributed by atoms with van der Waals surface area (Å²) in [6.45, 7) is 1.51. The molecule has 0 aromatic heterocycles. The van der Waals surface area contributed by atoms with E-state index in [1.165, 1.54) is 19.1 Å². The standard InChI is InChI=1S/C11H15FO4S2/c1-2-17(13,14)7-4-8-18(15,16)11-6-3-5-10(12)9-11/h3,5-6,9H,2,4,7-8H2,1H3. The van der Waals surface area contributed by atoms with E-state index >= 15 is 0 Å². The van der Waals surface area contributed by atoms with Gasteiger partial charge in [-0.25, -0.2) is 21.2 Å². The van der Waals surface area contributed by atoms with Gasteiger partial charge >= 0.3 is 0 Å². The summed E-state index contributed by atoms with van der Waals surface area (Å²) in [6, 6.07) is 4.70. The number of sulfone groups is 2. The molecule has 0 unspecified atom stereocenters. The molecule has 1 aromatic carbocycles. The largest absolute Gasteiger partial charge is 0.229 e. The zero-order valence-electron chi connectivity index (χ0n) is 9.97. The Kier molecular flexibility index (Phi) is 4.86. The predicted molar refractivity (Wildman–Crippen MR) is 67.4 cm³/mol. The van der Waals surface area contributed by atoms with Crippen LogP contribution in [0.5, 0.6) is 0 Å². The van der Waals surface area contributed by atoms with Gasteiger partial charge in [0.2, 0.25) is 0 Å². The van der Waals surface area contributed by atoms with Crippen molar-refractivity contribution in [1.29, 1.82) is 0 Å². The van der Waals surface area contributed by atoms with Gasteiger partial charge in [0.25, 0.3) is 0 Å². The van der Waals surface area contributed by atoms with Gasteiger partial charge in [-0.3, -0.25) is 0 Å². The molecule has 18 heavy (non-hydrogen) atoms. The molecule has 7 heteroatoms. The minimum absolute atomic E-state index is 0.00693. The zero-order valence-corrected chi connectivity index (χ0v) is 11.6. The molecule has 0 aliphatic rings. The van der Waals surface area contributed by atoms with E-state index in [1.54, 1.807) is 0 Å². The van der Waals surface area contributed by atoms with Crippen molar-refractivity contribution in [2.24, 2.45) is 0 Å².